The number of hydrogen-bond donors (Lipinski definition) is 0. The van der Waals surface area contributed by atoms with Gasteiger partial charge in [-0.25, -0.2) is 0 Å². The van der Waals surface area contributed by atoms with Gasteiger partial charge in [0.2, 0.25) is 0 Å². The van der Waals surface area contributed by atoms with E-state index >= 15 is 0 Å². The van der Waals surface area contributed by atoms with Crippen LogP contribution >= 0.6 is 0 Å². The van der Waals surface area contributed by atoms with Crippen molar-refractivity contribution in [3.8, 4) is 44.5 Å². The van der Waals surface area contributed by atoms with E-state index in [1.54, 1.807) is 0 Å². The van der Waals surface area contributed by atoms with Gasteiger partial charge in [0.25, 0.3) is 0 Å². The smallest absolute Gasteiger partial charge is 0.00990 e. The highest BCUT2D eigenvalue weighted by Gasteiger charge is 2.10. The van der Waals surface area contributed by atoms with Crippen molar-refractivity contribution in [2.45, 2.75) is 0 Å². The third kappa shape index (κ3) is 4.93. The quantitative estimate of drug-likeness (QED) is 0.169. The lowest BCUT2D eigenvalue weighted by atomic mass is 9.92. The molecule has 0 aliphatic heterocycles. The molecule has 0 atom stereocenters. The summed E-state index contributed by atoms with van der Waals surface area (Å²) in [5, 5.41) is 12.8. The van der Waals surface area contributed by atoms with Gasteiger partial charge >= 0.3 is 0 Å². The van der Waals surface area contributed by atoms with E-state index in [0.29, 0.717) is 0 Å². The summed E-state index contributed by atoms with van der Waals surface area (Å²) in [5.41, 5.74) is 9.87. The molecule has 50 heavy (non-hydrogen) atoms. The second-order valence-electron chi connectivity index (χ2n) is 13.4. The Morgan fingerprint density at radius 3 is 0.980 bits per heavy atom. The van der Waals surface area contributed by atoms with Crippen molar-refractivity contribution in [2.75, 3.05) is 0 Å². The maximum atomic E-state index is 2.33. The van der Waals surface area contributed by atoms with Crippen LogP contribution in [0.2, 0.25) is 0 Å². The largest absolute Gasteiger partial charge is 0.0616 e. The van der Waals surface area contributed by atoms with Crippen molar-refractivity contribution in [1.29, 1.82) is 0 Å². The molecule has 0 fully saturated rings. The van der Waals surface area contributed by atoms with Gasteiger partial charge in [-0.15, -0.1) is 0 Å². The normalized spacial score (nSPS) is 11.6. The molecule has 0 saturated carbocycles. The highest BCUT2D eigenvalue weighted by atomic mass is 14.1. The zero-order chi connectivity index (χ0) is 33.0. The average Bonchev–Trinajstić information content (AvgIpc) is 3.20. The van der Waals surface area contributed by atoms with Gasteiger partial charge in [0.1, 0.15) is 0 Å². The third-order valence-corrected chi connectivity index (χ3v) is 10.4. The average molecular weight is 633 g/mol. The molecular weight excluding hydrogens is 601 g/mol. The zero-order valence-corrected chi connectivity index (χ0v) is 27.5. The molecule has 10 rings (SSSR count). The van der Waals surface area contributed by atoms with Gasteiger partial charge in [-0.2, -0.15) is 0 Å². The van der Waals surface area contributed by atoms with Gasteiger partial charge in [-0.3, -0.25) is 0 Å². The molecule has 0 nitrogen and oxygen atoms in total. The van der Waals surface area contributed by atoms with E-state index in [4.69, 9.17) is 0 Å². The summed E-state index contributed by atoms with van der Waals surface area (Å²) < 4.78 is 0. The van der Waals surface area contributed by atoms with Crippen molar-refractivity contribution in [1.82, 2.24) is 0 Å². The summed E-state index contributed by atoms with van der Waals surface area (Å²) in [4.78, 5) is 0. The fourth-order valence-corrected chi connectivity index (χ4v) is 7.72. The highest BCUT2D eigenvalue weighted by molar-refractivity contribution is 6.18. The summed E-state index contributed by atoms with van der Waals surface area (Å²) in [7, 11) is 0. The van der Waals surface area contributed by atoms with Crippen LogP contribution in [0, 0.1) is 0 Å². The van der Waals surface area contributed by atoms with Crippen LogP contribution in [0.3, 0.4) is 0 Å². The van der Waals surface area contributed by atoms with Gasteiger partial charge in [-0.1, -0.05) is 164 Å². The first-order valence-corrected chi connectivity index (χ1v) is 17.3. The van der Waals surface area contributed by atoms with Gasteiger partial charge < -0.3 is 0 Å². The minimum Gasteiger partial charge on any atom is -0.0616 e. The monoisotopic (exact) mass is 632 g/mol. The van der Waals surface area contributed by atoms with Crippen LogP contribution in [0.4, 0.5) is 0 Å². The first-order chi connectivity index (χ1) is 24.7. The molecule has 0 spiro atoms. The second kappa shape index (κ2) is 11.6. The second-order valence-corrected chi connectivity index (χ2v) is 13.4. The Bertz CT molecular complexity index is 2910. The highest BCUT2D eigenvalue weighted by Crippen LogP contribution is 2.36. The first kappa shape index (κ1) is 28.5. The molecule has 10 aromatic carbocycles. The Labute approximate surface area is 291 Å². The lowest BCUT2D eigenvalue weighted by Gasteiger charge is -2.12. The molecule has 10 aromatic rings. The predicted octanol–water partition coefficient (Wildman–Crippen LogP) is 14.1. The van der Waals surface area contributed by atoms with Crippen LogP contribution in [0.25, 0.3) is 98.4 Å². The van der Waals surface area contributed by atoms with Gasteiger partial charge in [-0.05, 0) is 129 Å². The summed E-state index contributed by atoms with van der Waals surface area (Å²) >= 11 is 0. The molecule has 0 aromatic heterocycles. The van der Waals surface area contributed by atoms with Crippen molar-refractivity contribution in [3.63, 3.8) is 0 Å². The molecule has 0 aliphatic carbocycles. The molecule has 0 heterocycles. The molecule has 0 bridgehead atoms. The van der Waals surface area contributed by atoms with E-state index < -0.39 is 0 Å². The number of fused-ring (bicyclic) bond motifs is 7. The summed E-state index contributed by atoms with van der Waals surface area (Å²) in [6, 6.07) is 71.4. The van der Waals surface area contributed by atoms with E-state index in [1.807, 2.05) is 0 Å². The van der Waals surface area contributed by atoms with Crippen molar-refractivity contribution in [3.05, 3.63) is 194 Å². The first-order valence-electron chi connectivity index (χ1n) is 17.3. The Morgan fingerprint density at radius 1 is 0.160 bits per heavy atom. The van der Waals surface area contributed by atoms with Gasteiger partial charge in [0, 0.05) is 0 Å². The Balaban J connectivity index is 0.951. The summed E-state index contributed by atoms with van der Waals surface area (Å²) in [6.07, 6.45) is 0. The lowest BCUT2D eigenvalue weighted by molar-refractivity contribution is 1.59. The van der Waals surface area contributed by atoms with Crippen molar-refractivity contribution in [2.24, 2.45) is 0 Å². The van der Waals surface area contributed by atoms with Gasteiger partial charge in [0.15, 0.2) is 0 Å². The Hall–Kier alpha value is -6.50. The van der Waals surface area contributed by atoms with E-state index in [2.05, 4.69) is 194 Å². The SMILES string of the molecule is c1cc(-c2ccc(-c3ccc4c(ccc5c6ccc(-c7ccc8ccccc8c7)cc6ccc45)c3)cc2)cc(-c2ccc3ccccc3c2)c1. The maximum absolute atomic E-state index is 2.33. The molecule has 0 N–H and O–H groups in total. The Kier molecular flexibility index (Phi) is 6.60. The molecule has 0 saturated heterocycles. The number of benzene rings is 10. The van der Waals surface area contributed by atoms with E-state index in [9.17, 15) is 0 Å². The predicted molar refractivity (Wildman–Crippen MR) is 216 cm³/mol. The molecular formula is C50H32. The fourth-order valence-electron chi connectivity index (χ4n) is 7.72. The molecule has 0 radical (unpaired) electrons. The zero-order valence-electron chi connectivity index (χ0n) is 27.5. The minimum absolute atomic E-state index is 1.22. The maximum Gasteiger partial charge on any atom is -0.00990 e. The van der Waals surface area contributed by atoms with Crippen LogP contribution in [0.5, 0.6) is 0 Å². The standard InChI is InChI=1S/C50H32/c1-3-8-37-29-42(18-16-33(37)6-1)40-11-5-10-39(28-40)35-12-14-36(15-13-35)41-20-24-47-45(31-41)22-26-50-48-25-21-44(32-46(48)23-27-49(47)50)43-19-17-34-7-2-4-9-38(34)30-43/h1-32H. The van der Waals surface area contributed by atoms with Crippen LogP contribution in [0.15, 0.2) is 194 Å². The number of hydrogen-bond acceptors (Lipinski definition) is 0. The van der Waals surface area contributed by atoms with Crippen LogP contribution in [-0.2, 0) is 0 Å². The van der Waals surface area contributed by atoms with E-state index in [-0.39, 0.29) is 0 Å². The fraction of sp³-hybridized carbons (Fsp3) is 0. The summed E-state index contributed by atoms with van der Waals surface area (Å²) in [5.74, 6) is 0. The van der Waals surface area contributed by atoms with Crippen LogP contribution in [-0.4, -0.2) is 0 Å². The number of rotatable bonds is 4. The minimum atomic E-state index is 1.22. The molecule has 232 valence electrons. The van der Waals surface area contributed by atoms with Crippen molar-refractivity contribution >= 4 is 53.9 Å². The molecule has 0 amide bonds. The summed E-state index contributed by atoms with van der Waals surface area (Å²) in [6.45, 7) is 0. The van der Waals surface area contributed by atoms with Crippen molar-refractivity contribution < 1.29 is 0 Å². The topological polar surface area (TPSA) is 0 Å². The molecule has 0 unspecified atom stereocenters. The molecule has 0 heteroatoms. The van der Waals surface area contributed by atoms with E-state index in [0.717, 1.165) is 0 Å². The molecule has 0 aliphatic rings. The Morgan fingerprint density at radius 2 is 0.480 bits per heavy atom. The van der Waals surface area contributed by atoms with Gasteiger partial charge in [0.05, 0.1) is 0 Å². The lowest BCUT2D eigenvalue weighted by Crippen LogP contribution is -1.85. The van der Waals surface area contributed by atoms with E-state index in [1.165, 1.54) is 98.4 Å². The van der Waals surface area contributed by atoms with Crippen LogP contribution in [0.1, 0.15) is 0 Å². The third-order valence-electron chi connectivity index (χ3n) is 10.4. The van der Waals surface area contributed by atoms with Crippen LogP contribution < -0.4 is 0 Å².